The summed E-state index contributed by atoms with van der Waals surface area (Å²) in [5.74, 6) is -3.39. The number of alkyl halides is 2. The van der Waals surface area contributed by atoms with E-state index in [9.17, 15) is 22.0 Å². The number of halogens is 2. The van der Waals surface area contributed by atoms with Crippen molar-refractivity contribution >= 4 is 21.4 Å². The van der Waals surface area contributed by atoms with Crippen molar-refractivity contribution in [3.05, 3.63) is 53.6 Å². The molecule has 2 rings (SSSR count). The molecule has 0 aromatic heterocycles. The minimum atomic E-state index is -4.65. The summed E-state index contributed by atoms with van der Waals surface area (Å²) in [6, 6.07) is 9.95. The first kappa shape index (κ1) is 18.9. The monoisotopic (exact) mass is 369 g/mol. The molecule has 8 heteroatoms. The number of hydrogen-bond acceptors (Lipinski definition) is 4. The van der Waals surface area contributed by atoms with Gasteiger partial charge in [0.15, 0.2) is 6.61 Å². The third-order valence-electron chi connectivity index (χ3n) is 3.55. The number of hydrogen-bond donors (Lipinski definition) is 1. The van der Waals surface area contributed by atoms with Crippen molar-refractivity contribution in [1.29, 1.82) is 0 Å². The van der Waals surface area contributed by atoms with Gasteiger partial charge in [0.2, 0.25) is 9.84 Å². The normalized spacial score (nSPS) is 11.4. The van der Waals surface area contributed by atoms with Gasteiger partial charge in [-0.25, -0.2) is 8.42 Å². The molecule has 0 saturated carbocycles. The van der Waals surface area contributed by atoms with Gasteiger partial charge in [-0.3, -0.25) is 4.79 Å². The van der Waals surface area contributed by atoms with E-state index in [0.29, 0.717) is 5.75 Å². The summed E-state index contributed by atoms with van der Waals surface area (Å²) in [6.45, 7) is 3.65. The minimum absolute atomic E-state index is 0.237. The van der Waals surface area contributed by atoms with Crippen LogP contribution in [0, 0.1) is 13.8 Å². The van der Waals surface area contributed by atoms with Gasteiger partial charge < -0.3 is 10.1 Å². The van der Waals surface area contributed by atoms with Crippen LogP contribution in [0.1, 0.15) is 11.1 Å². The Hall–Kier alpha value is -2.48. The first-order valence-corrected chi connectivity index (χ1v) is 8.87. The lowest BCUT2D eigenvalue weighted by molar-refractivity contribution is -0.118. The molecule has 1 N–H and O–H groups in total. The van der Waals surface area contributed by atoms with E-state index < -0.39 is 26.4 Å². The molecule has 0 radical (unpaired) electrons. The molecule has 0 atom stereocenters. The van der Waals surface area contributed by atoms with Gasteiger partial charge in [-0.05, 0) is 61.4 Å². The van der Waals surface area contributed by atoms with Crippen LogP contribution in [0.4, 0.5) is 14.5 Å². The quantitative estimate of drug-likeness (QED) is 0.848. The number of rotatable bonds is 6. The number of nitrogens with one attached hydrogen (secondary N) is 1. The second-order valence-electron chi connectivity index (χ2n) is 5.41. The van der Waals surface area contributed by atoms with Crippen molar-refractivity contribution in [3.63, 3.8) is 0 Å². The number of benzene rings is 2. The molecule has 0 heterocycles. The molecular weight excluding hydrogens is 352 g/mol. The highest BCUT2D eigenvalue weighted by atomic mass is 32.2. The number of ether oxygens (including phenoxy) is 1. The lowest BCUT2D eigenvalue weighted by atomic mass is 10.1. The van der Waals surface area contributed by atoms with E-state index in [1.807, 2.05) is 26.0 Å². The molecule has 0 fully saturated rings. The Kier molecular flexibility index (Phi) is 5.73. The van der Waals surface area contributed by atoms with Crippen LogP contribution in [-0.2, 0) is 14.6 Å². The van der Waals surface area contributed by atoms with Crippen LogP contribution in [-0.4, -0.2) is 26.7 Å². The second kappa shape index (κ2) is 7.60. The van der Waals surface area contributed by atoms with E-state index >= 15 is 0 Å². The zero-order chi connectivity index (χ0) is 18.6. The zero-order valence-electron chi connectivity index (χ0n) is 13.6. The molecule has 0 aliphatic rings. The highest BCUT2D eigenvalue weighted by molar-refractivity contribution is 7.91. The van der Waals surface area contributed by atoms with Crippen LogP contribution in [0.2, 0.25) is 0 Å². The first-order chi connectivity index (χ1) is 11.7. The van der Waals surface area contributed by atoms with Crippen LogP contribution in [0.5, 0.6) is 5.75 Å². The number of carbonyl (C=O) groups excluding carboxylic acids is 1. The summed E-state index contributed by atoms with van der Waals surface area (Å²) in [7, 11) is -4.65. The number of sulfone groups is 1. The molecule has 25 heavy (non-hydrogen) atoms. The van der Waals surface area contributed by atoms with Gasteiger partial charge in [0, 0.05) is 5.69 Å². The molecule has 0 saturated heterocycles. The Morgan fingerprint density at radius 2 is 1.72 bits per heavy atom. The van der Waals surface area contributed by atoms with Crippen LogP contribution >= 0.6 is 0 Å². The van der Waals surface area contributed by atoms with E-state index in [4.69, 9.17) is 4.74 Å². The number of amides is 1. The summed E-state index contributed by atoms with van der Waals surface area (Å²) in [5.41, 5.74) is 2.42. The summed E-state index contributed by atoms with van der Waals surface area (Å²) in [5, 5.41) is 2.50. The highest BCUT2D eigenvalue weighted by Gasteiger charge is 2.26. The van der Waals surface area contributed by atoms with Crippen LogP contribution in [0.3, 0.4) is 0 Å². The maximum atomic E-state index is 12.4. The third-order valence-corrected chi connectivity index (χ3v) is 4.95. The largest absolute Gasteiger partial charge is 0.484 e. The van der Waals surface area contributed by atoms with Crippen molar-refractivity contribution in [2.24, 2.45) is 0 Å². The first-order valence-electron chi connectivity index (χ1n) is 7.32. The predicted molar refractivity (Wildman–Crippen MR) is 89.7 cm³/mol. The maximum Gasteiger partial charge on any atom is 0.341 e. The molecule has 1 amide bonds. The van der Waals surface area contributed by atoms with E-state index in [2.05, 4.69) is 5.32 Å². The topological polar surface area (TPSA) is 72.5 Å². The molecule has 2 aromatic carbocycles. The molecule has 134 valence electrons. The SMILES string of the molecule is Cc1ccc(OCC(=O)Nc2ccc(S(=O)(=O)C(F)F)cc2)cc1C. The van der Waals surface area contributed by atoms with Crippen molar-refractivity contribution in [3.8, 4) is 5.75 Å². The molecule has 0 bridgehead atoms. The average Bonchev–Trinajstić information content (AvgIpc) is 2.56. The van der Waals surface area contributed by atoms with Crippen molar-refractivity contribution < 1.29 is 26.7 Å². The van der Waals surface area contributed by atoms with Crippen LogP contribution in [0.15, 0.2) is 47.4 Å². The van der Waals surface area contributed by atoms with Gasteiger partial charge in [-0.1, -0.05) is 6.07 Å². The standard InChI is InChI=1S/C17H17F2NO4S/c1-11-3-6-14(9-12(11)2)24-10-16(21)20-13-4-7-15(8-5-13)25(22,23)17(18)19/h3-9,17H,10H2,1-2H3,(H,20,21). The second-order valence-corrected chi connectivity index (χ2v) is 7.33. The Balaban J connectivity index is 1.95. The Labute approximate surface area is 144 Å². The van der Waals surface area contributed by atoms with E-state index in [1.54, 1.807) is 6.07 Å². The number of anilines is 1. The van der Waals surface area contributed by atoms with Crippen LogP contribution < -0.4 is 10.1 Å². The fourth-order valence-corrected chi connectivity index (χ4v) is 2.70. The fourth-order valence-electron chi connectivity index (χ4n) is 1.98. The average molecular weight is 369 g/mol. The summed E-state index contributed by atoms with van der Waals surface area (Å²) < 4.78 is 52.9. The number of carbonyl (C=O) groups is 1. The van der Waals surface area contributed by atoms with Gasteiger partial charge in [0.1, 0.15) is 5.75 Å². The molecule has 0 unspecified atom stereocenters. The molecule has 2 aromatic rings. The summed E-state index contributed by atoms with van der Waals surface area (Å²) in [4.78, 5) is 11.3. The molecule has 0 aliphatic carbocycles. The zero-order valence-corrected chi connectivity index (χ0v) is 14.4. The molecular formula is C17H17F2NO4S. The molecule has 5 nitrogen and oxygen atoms in total. The van der Waals surface area contributed by atoms with Gasteiger partial charge in [0.05, 0.1) is 4.90 Å². The Morgan fingerprint density at radius 3 is 2.28 bits per heavy atom. The van der Waals surface area contributed by atoms with Crippen LogP contribution in [0.25, 0.3) is 0 Å². The maximum absolute atomic E-state index is 12.4. The summed E-state index contributed by atoms with van der Waals surface area (Å²) in [6.07, 6.45) is 0. The lowest BCUT2D eigenvalue weighted by Crippen LogP contribution is -2.20. The van der Waals surface area contributed by atoms with E-state index in [0.717, 1.165) is 23.3 Å². The van der Waals surface area contributed by atoms with Gasteiger partial charge in [0.25, 0.3) is 5.91 Å². The fraction of sp³-hybridized carbons (Fsp3) is 0.235. The van der Waals surface area contributed by atoms with Crippen molar-refractivity contribution in [1.82, 2.24) is 0 Å². The molecule has 0 spiro atoms. The van der Waals surface area contributed by atoms with Gasteiger partial charge >= 0.3 is 5.76 Å². The van der Waals surface area contributed by atoms with E-state index in [-0.39, 0.29) is 12.3 Å². The lowest BCUT2D eigenvalue weighted by Gasteiger charge is -2.09. The highest BCUT2D eigenvalue weighted by Crippen LogP contribution is 2.20. The molecule has 0 aliphatic heterocycles. The Bertz CT molecular complexity index is 865. The van der Waals surface area contributed by atoms with E-state index in [1.165, 1.54) is 12.1 Å². The number of aryl methyl sites for hydroxylation is 2. The smallest absolute Gasteiger partial charge is 0.341 e. The van der Waals surface area contributed by atoms with Gasteiger partial charge in [-0.15, -0.1) is 0 Å². The van der Waals surface area contributed by atoms with Crippen molar-refractivity contribution in [2.75, 3.05) is 11.9 Å². The third kappa shape index (κ3) is 4.76. The Morgan fingerprint density at radius 1 is 1.08 bits per heavy atom. The van der Waals surface area contributed by atoms with Gasteiger partial charge in [-0.2, -0.15) is 8.78 Å². The predicted octanol–water partition coefficient (Wildman–Crippen LogP) is 3.32. The minimum Gasteiger partial charge on any atom is -0.484 e. The van der Waals surface area contributed by atoms with Crippen molar-refractivity contribution in [2.45, 2.75) is 24.5 Å². The summed E-state index contributed by atoms with van der Waals surface area (Å²) >= 11 is 0.